The minimum absolute atomic E-state index is 0.184. The van der Waals surface area contributed by atoms with E-state index < -0.39 is 5.82 Å². The Kier molecular flexibility index (Phi) is 4.11. The molecule has 1 aromatic carbocycles. The second-order valence-corrected chi connectivity index (χ2v) is 5.70. The molecule has 2 rings (SSSR count). The first-order valence-electron chi connectivity index (χ1n) is 5.84. The summed E-state index contributed by atoms with van der Waals surface area (Å²) in [6, 6.07) is 4.63. The molecule has 0 saturated carbocycles. The molecule has 0 atom stereocenters. The van der Waals surface area contributed by atoms with Crippen LogP contribution in [-0.4, -0.2) is 9.97 Å². The van der Waals surface area contributed by atoms with Gasteiger partial charge in [0.2, 0.25) is 0 Å². The molecular formula is C13H14FN3S2. The number of benzene rings is 1. The third kappa shape index (κ3) is 3.08. The highest BCUT2D eigenvalue weighted by Crippen LogP contribution is 2.27. The third-order valence-corrected chi connectivity index (χ3v) is 3.89. The van der Waals surface area contributed by atoms with Crippen molar-refractivity contribution in [3.05, 3.63) is 40.2 Å². The van der Waals surface area contributed by atoms with Crippen LogP contribution in [-0.2, 0) is 6.42 Å². The van der Waals surface area contributed by atoms with Crippen LogP contribution in [0.5, 0.6) is 0 Å². The first-order valence-corrected chi connectivity index (χ1v) is 7.06. The maximum atomic E-state index is 13.9. The Morgan fingerprint density at radius 3 is 2.79 bits per heavy atom. The number of hydrogen-bond donors (Lipinski definition) is 2. The Bertz CT molecular complexity index is 622. The number of nitrogens with two attached hydrogens (primary N) is 1. The van der Waals surface area contributed by atoms with E-state index in [1.54, 1.807) is 12.1 Å². The molecule has 19 heavy (non-hydrogen) atoms. The van der Waals surface area contributed by atoms with Crippen LogP contribution >= 0.6 is 23.6 Å². The fourth-order valence-corrected chi connectivity index (χ4v) is 2.74. The van der Waals surface area contributed by atoms with Gasteiger partial charge in [-0.2, -0.15) is 0 Å². The minimum Gasteiger partial charge on any atom is -0.389 e. The molecule has 0 aliphatic rings. The lowest BCUT2D eigenvalue weighted by Crippen LogP contribution is -2.09. The third-order valence-electron chi connectivity index (χ3n) is 2.72. The lowest BCUT2D eigenvalue weighted by molar-refractivity contribution is 0.631. The quantitative estimate of drug-likeness (QED) is 0.847. The van der Waals surface area contributed by atoms with Crippen LogP contribution in [0.2, 0.25) is 0 Å². The zero-order chi connectivity index (χ0) is 14.0. The van der Waals surface area contributed by atoms with Gasteiger partial charge in [-0.15, -0.1) is 11.3 Å². The molecule has 1 aromatic heterocycles. The average Bonchev–Trinajstić information content (AvgIpc) is 2.72. The van der Waals surface area contributed by atoms with E-state index in [1.807, 2.05) is 13.8 Å². The number of halogens is 1. The summed E-state index contributed by atoms with van der Waals surface area (Å²) >= 11 is 6.32. The van der Waals surface area contributed by atoms with Gasteiger partial charge >= 0.3 is 0 Å². The molecule has 0 saturated heterocycles. The van der Waals surface area contributed by atoms with Gasteiger partial charge in [0.1, 0.15) is 10.8 Å². The molecule has 1 heterocycles. The highest BCUT2D eigenvalue weighted by atomic mass is 32.1. The molecular weight excluding hydrogens is 281 g/mol. The minimum atomic E-state index is -0.392. The maximum Gasteiger partial charge on any atom is 0.187 e. The topological polar surface area (TPSA) is 50.9 Å². The maximum absolute atomic E-state index is 13.9. The van der Waals surface area contributed by atoms with Gasteiger partial charge in [0.25, 0.3) is 0 Å². The van der Waals surface area contributed by atoms with E-state index in [0.29, 0.717) is 16.4 Å². The van der Waals surface area contributed by atoms with Crippen LogP contribution in [0.1, 0.15) is 23.1 Å². The van der Waals surface area contributed by atoms with Crippen molar-refractivity contribution in [1.82, 2.24) is 4.98 Å². The first-order chi connectivity index (χ1) is 9.01. The van der Waals surface area contributed by atoms with E-state index in [2.05, 4.69) is 10.3 Å². The number of aromatic nitrogens is 1. The molecule has 0 spiro atoms. The number of aryl methyl sites for hydroxylation is 2. The van der Waals surface area contributed by atoms with Gasteiger partial charge < -0.3 is 11.1 Å². The summed E-state index contributed by atoms with van der Waals surface area (Å²) in [4.78, 5) is 5.74. The van der Waals surface area contributed by atoms with E-state index in [-0.39, 0.29) is 4.99 Å². The van der Waals surface area contributed by atoms with Crippen LogP contribution in [0.3, 0.4) is 0 Å². The summed E-state index contributed by atoms with van der Waals surface area (Å²) in [5, 5.41) is 3.67. The summed E-state index contributed by atoms with van der Waals surface area (Å²) in [5.41, 5.74) is 7.38. The van der Waals surface area contributed by atoms with Gasteiger partial charge in [0.05, 0.1) is 11.4 Å². The normalized spacial score (nSPS) is 10.5. The number of nitrogens with zero attached hydrogens (tertiary/aromatic N) is 1. The monoisotopic (exact) mass is 295 g/mol. The van der Waals surface area contributed by atoms with Crippen LogP contribution in [0.15, 0.2) is 18.2 Å². The zero-order valence-electron chi connectivity index (χ0n) is 10.7. The number of rotatable bonds is 4. The predicted octanol–water partition coefficient (Wildman–Crippen LogP) is 3.53. The Morgan fingerprint density at radius 2 is 2.26 bits per heavy atom. The zero-order valence-corrected chi connectivity index (χ0v) is 12.3. The second kappa shape index (κ2) is 5.63. The van der Waals surface area contributed by atoms with Crippen molar-refractivity contribution in [3.63, 3.8) is 0 Å². The molecule has 0 aliphatic heterocycles. The van der Waals surface area contributed by atoms with Gasteiger partial charge in [-0.3, -0.25) is 0 Å². The highest BCUT2D eigenvalue weighted by Gasteiger charge is 2.09. The number of anilines is 2. The summed E-state index contributed by atoms with van der Waals surface area (Å²) in [6.07, 6.45) is 0.868. The lowest BCUT2D eigenvalue weighted by atomic mass is 10.2. The first kappa shape index (κ1) is 13.9. The molecule has 0 aliphatic carbocycles. The Morgan fingerprint density at radius 1 is 1.53 bits per heavy atom. The number of hydrogen-bond acceptors (Lipinski definition) is 4. The second-order valence-electron chi connectivity index (χ2n) is 4.06. The largest absolute Gasteiger partial charge is 0.389 e. The standard InChI is InChI=1S/C13H14FN3S2/c1-3-10-7(2)19-13(16-10)17-11-5-4-8(12(15)18)6-9(11)14/h4-6H,3H2,1-2H3,(H2,15,18)(H,16,17). The summed E-state index contributed by atoms with van der Waals surface area (Å²) in [6.45, 7) is 4.05. The number of thiazole rings is 1. The number of nitrogens with one attached hydrogen (secondary N) is 1. The molecule has 3 nitrogen and oxygen atoms in total. The van der Waals surface area contributed by atoms with Crippen molar-refractivity contribution in [1.29, 1.82) is 0 Å². The summed E-state index contributed by atoms with van der Waals surface area (Å²) in [7, 11) is 0. The van der Waals surface area contributed by atoms with Crippen LogP contribution in [0.25, 0.3) is 0 Å². The Balaban J connectivity index is 2.25. The molecule has 0 unspecified atom stereocenters. The average molecular weight is 295 g/mol. The van der Waals surface area contributed by atoms with Crippen LogP contribution < -0.4 is 11.1 Å². The van der Waals surface area contributed by atoms with Crippen molar-refractivity contribution in [2.24, 2.45) is 5.73 Å². The van der Waals surface area contributed by atoms with E-state index in [1.165, 1.54) is 17.4 Å². The molecule has 0 radical (unpaired) electrons. The predicted molar refractivity (Wildman–Crippen MR) is 81.8 cm³/mol. The van der Waals surface area contributed by atoms with Gasteiger partial charge in [-0.1, -0.05) is 19.1 Å². The Labute approximate surface area is 120 Å². The van der Waals surface area contributed by atoms with Crippen molar-refractivity contribution in [3.8, 4) is 0 Å². The molecule has 0 bridgehead atoms. The van der Waals surface area contributed by atoms with Gasteiger partial charge in [-0.25, -0.2) is 9.37 Å². The van der Waals surface area contributed by atoms with E-state index in [0.717, 1.165) is 17.0 Å². The van der Waals surface area contributed by atoms with Gasteiger partial charge in [0.15, 0.2) is 5.13 Å². The smallest absolute Gasteiger partial charge is 0.187 e. The van der Waals surface area contributed by atoms with Crippen LogP contribution in [0, 0.1) is 12.7 Å². The number of thiocarbonyl (C=S) groups is 1. The highest BCUT2D eigenvalue weighted by molar-refractivity contribution is 7.80. The SMILES string of the molecule is CCc1nc(Nc2ccc(C(N)=S)cc2F)sc1C. The fraction of sp³-hybridized carbons (Fsp3) is 0.231. The van der Waals surface area contributed by atoms with Crippen molar-refractivity contribution < 1.29 is 4.39 Å². The molecule has 3 N–H and O–H groups in total. The molecule has 0 amide bonds. The molecule has 0 fully saturated rings. The van der Waals surface area contributed by atoms with Crippen molar-refractivity contribution in [2.45, 2.75) is 20.3 Å². The van der Waals surface area contributed by atoms with E-state index in [4.69, 9.17) is 18.0 Å². The van der Waals surface area contributed by atoms with Crippen molar-refractivity contribution in [2.75, 3.05) is 5.32 Å². The molecule has 6 heteroatoms. The van der Waals surface area contributed by atoms with Gasteiger partial charge in [0, 0.05) is 10.4 Å². The Hall–Kier alpha value is -1.53. The van der Waals surface area contributed by atoms with Gasteiger partial charge in [-0.05, 0) is 31.5 Å². The van der Waals surface area contributed by atoms with E-state index in [9.17, 15) is 4.39 Å². The molecule has 2 aromatic rings. The van der Waals surface area contributed by atoms with Crippen LogP contribution in [0.4, 0.5) is 15.2 Å². The lowest BCUT2D eigenvalue weighted by Gasteiger charge is -2.06. The summed E-state index contributed by atoms with van der Waals surface area (Å²) < 4.78 is 13.9. The fourth-order valence-electron chi connectivity index (χ4n) is 1.69. The molecule has 100 valence electrons. The summed E-state index contributed by atoms with van der Waals surface area (Å²) in [5.74, 6) is -0.392. The van der Waals surface area contributed by atoms with Crippen molar-refractivity contribution >= 4 is 39.4 Å². The van der Waals surface area contributed by atoms with E-state index >= 15 is 0 Å².